The number of hydrogen-bond donors (Lipinski definition) is 1. The molecule has 0 saturated heterocycles. The van der Waals surface area contributed by atoms with Crippen LogP contribution in [0.2, 0.25) is 0 Å². The molecular formula is C14H24IN3. The molecule has 3 nitrogen and oxygen atoms in total. The van der Waals surface area contributed by atoms with E-state index < -0.39 is 0 Å². The summed E-state index contributed by atoms with van der Waals surface area (Å²) in [6.45, 7) is 6.21. The van der Waals surface area contributed by atoms with Crippen LogP contribution >= 0.6 is 24.0 Å². The van der Waals surface area contributed by atoms with E-state index in [0.717, 1.165) is 19.0 Å². The van der Waals surface area contributed by atoms with Crippen LogP contribution in [0, 0.1) is 5.92 Å². The fourth-order valence-electron chi connectivity index (χ4n) is 1.61. The minimum Gasteiger partial charge on any atom is -0.356 e. The highest BCUT2D eigenvalue weighted by atomic mass is 127. The van der Waals surface area contributed by atoms with Gasteiger partial charge in [0.05, 0.1) is 0 Å². The Balaban J connectivity index is 0.00000289. The van der Waals surface area contributed by atoms with E-state index in [-0.39, 0.29) is 24.0 Å². The molecule has 4 heteroatoms. The van der Waals surface area contributed by atoms with Gasteiger partial charge in [0.25, 0.3) is 0 Å². The number of halogens is 1. The molecule has 0 aromatic heterocycles. The van der Waals surface area contributed by atoms with E-state index >= 15 is 0 Å². The molecule has 1 aromatic rings. The van der Waals surface area contributed by atoms with E-state index in [9.17, 15) is 0 Å². The molecule has 0 bridgehead atoms. The average molecular weight is 361 g/mol. The van der Waals surface area contributed by atoms with Gasteiger partial charge in [-0.25, -0.2) is 0 Å². The van der Waals surface area contributed by atoms with E-state index in [4.69, 9.17) is 0 Å². The summed E-state index contributed by atoms with van der Waals surface area (Å²) in [6, 6.07) is 10.4. The second-order valence-electron chi connectivity index (χ2n) is 4.66. The number of benzene rings is 1. The summed E-state index contributed by atoms with van der Waals surface area (Å²) in [5, 5.41) is 3.36. The lowest BCUT2D eigenvalue weighted by Gasteiger charge is -2.22. The summed E-state index contributed by atoms with van der Waals surface area (Å²) >= 11 is 0. The maximum Gasteiger partial charge on any atom is 0.193 e. The van der Waals surface area contributed by atoms with Gasteiger partial charge in [0.15, 0.2) is 5.96 Å². The van der Waals surface area contributed by atoms with E-state index in [1.807, 2.05) is 13.1 Å². The van der Waals surface area contributed by atoms with Crippen molar-refractivity contribution in [2.75, 3.05) is 20.6 Å². The van der Waals surface area contributed by atoms with Gasteiger partial charge in [0.1, 0.15) is 0 Å². The zero-order valence-corrected chi connectivity index (χ0v) is 14.0. The minimum absolute atomic E-state index is 0. The van der Waals surface area contributed by atoms with E-state index in [1.54, 1.807) is 0 Å². The number of aliphatic imine (C=N–C) groups is 1. The quantitative estimate of drug-likeness (QED) is 0.507. The molecule has 0 atom stereocenters. The lowest BCUT2D eigenvalue weighted by Crippen LogP contribution is -2.40. The summed E-state index contributed by atoms with van der Waals surface area (Å²) in [7, 11) is 3.88. The lowest BCUT2D eigenvalue weighted by molar-refractivity contribution is 0.468. The van der Waals surface area contributed by atoms with Gasteiger partial charge in [-0.05, 0) is 11.5 Å². The third-order valence-corrected chi connectivity index (χ3v) is 2.50. The van der Waals surface area contributed by atoms with Crippen molar-refractivity contribution in [3.8, 4) is 0 Å². The van der Waals surface area contributed by atoms with Crippen molar-refractivity contribution in [3.05, 3.63) is 35.9 Å². The molecule has 0 saturated carbocycles. The average Bonchev–Trinajstić information content (AvgIpc) is 2.30. The lowest BCUT2D eigenvalue weighted by atomic mass is 10.2. The van der Waals surface area contributed by atoms with Crippen molar-refractivity contribution in [1.29, 1.82) is 0 Å². The van der Waals surface area contributed by atoms with Gasteiger partial charge in [-0.15, -0.1) is 24.0 Å². The summed E-state index contributed by atoms with van der Waals surface area (Å²) in [4.78, 5) is 6.42. The van der Waals surface area contributed by atoms with Gasteiger partial charge in [-0.1, -0.05) is 44.2 Å². The Kier molecular flexibility index (Phi) is 8.79. The largest absolute Gasteiger partial charge is 0.356 e. The Bertz CT molecular complexity index is 349. The van der Waals surface area contributed by atoms with Crippen LogP contribution in [0.3, 0.4) is 0 Å². The molecule has 1 aromatic carbocycles. The van der Waals surface area contributed by atoms with Crippen molar-refractivity contribution >= 4 is 29.9 Å². The van der Waals surface area contributed by atoms with Crippen LogP contribution in [0.15, 0.2) is 35.3 Å². The molecule has 0 heterocycles. The van der Waals surface area contributed by atoms with E-state index in [1.165, 1.54) is 5.56 Å². The molecule has 0 spiro atoms. The van der Waals surface area contributed by atoms with E-state index in [0.29, 0.717) is 5.92 Å². The zero-order chi connectivity index (χ0) is 12.7. The predicted molar refractivity (Wildman–Crippen MR) is 89.5 cm³/mol. The summed E-state index contributed by atoms with van der Waals surface area (Å²) in [5.41, 5.74) is 1.29. The van der Waals surface area contributed by atoms with Crippen LogP contribution in [0.5, 0.6) is 0 Å². The van der Waals surface area contributed by atoms with Crippen LogP contribution < -0.4 is 5.32 Å². The second-order valence-corrected chi connectivity index (χ2v) is 4.66. The standard InChI is InChI=1S/C14H23N3.HI/c1-12(2)10-16-14(15-3)17(4)11-13-8-6-5-7-9-13;/h5-9,12H,10-11H2,1-4H3,(H,15,16);1H. The molecule has 1 rings (SSSR count). The molecule has 0 unspecified atom stereocenters. The molecule has 1 N–H and O–H groups in total. The molecule has 0 aliphatic rings. The Morgan fingerprint density at radius 2 is 1.89 bits per heavy atom. The van der Waals surface area contributed by atoms with Gasteiger partial charge in [-0.2, -0.15) is 0 Å². The smallest absolute Gasteiger partial charge is 0.193 e. The normalized spacial score (nSPS) is 11.1. The Morgan fingerprint density at radius 3 is 2.39 bits per heavy atom. The van der Waals surface area contributed by atoms with Gasteiger partial charge in [-0.3, -0.25) is 4.99 Å². The fourth-order valence-corrected chi connectivity index (χ4v) is 1.61. The Morgan fingerprint density at radius 1 is 1.28 bits per heavy atom. The van der Waals surface area contributed by atoms with Crippen LogP contribution in [-0.4, -0.2) is 31.5 Å². The highest BCUT2D eigenvalue weighted by Crippen LogP contribution is 2.02. The molecule has 0 fully saturated rings. The first-order valence-corrected chi connectivity index (χ1v) is 6.09. The first-order valence-electron chi connectivity index (χ1n) is 6.09. The van der Waals surface area contributed by atoms with Gasteiger partial charge >= 0.3 is 0 Å². The van der Waals surface area contributed by atoms with Crippen molar-refractivity contribution in [2.45, 2.75) is 20.4 Å². The zero-order valence-electron chi connectivity index (χ0n) is 11.7. The molecule has 0 radical (unpaired) electrons. The number of nitrogens with zero attached hydrogens (tertiary/aromatic N) is 2. The molecular weight excluding hydrogens is 337 g/mol. The first-order chi connectivity index (χ1) is 8.13. The van der Waals surface area contributed by atoms with E-state index in [2.05, 4.69) is 60.4 Å². The maximum atomic E-state index is 4.29. The Hall–Kier alpha value is -0.780. The van der Waals surface area contributed by atoms with Crippen molar-refractivity contribution < 1.29 is 0 Å². The van der Waals surface area contributed by atoms with Crippen LogP contribution in [0.4, 0.5) is 0 Å². The molecule has 0 aliphatic heterocycles. The molecule has 0 aliphatic carbocycles. The topological polar surface area (TPSA) is 27.6 Å². The number of rotatable bonds is 4. The number of guanidine groups is 1. The van der Waals surface area contributed by atoms with Gasteiger partial charge < -0.3 is 10.2 Å². The highest BCUT2D eigenvalue weighted by Gasteiger charge is 2.06. The number of nitrogens with one attached hydrogen (secondary N) is 1. The SMILES string of the molecule is CN=C(NCC(C)C)N(C)Cc1ccccc1.I. The third kappa shape index (κ3) is 6.23. The summed E-state index contributed by atoms with van der Waals surface area (Å²) in [5.74, 6) is 1.57. The predicted octanol–water partition coefficient (Wildman–Crippen LogP) is 2.97. The first kappa shape index (κ1) is 17.2. The molecule has 102 valence electrons. The van der Waals surface area contributed by atoms with Crippen LogP contribution in [-0.2, 0) is 6.54 Å². The fraction of sp³-hybridized carbons (Fsp3) is 0.500. The monoisotopic (exact) mass is 361 g/mol. The van der Waals surface area contributed by atoms with Crippen molar-refractivity contribution in [2.24, 2.45) is 10.9 Å². The van der Waals surface area contributed by atoms with Crippen molar-refractivity contribution in [1.82, 2.24) is 10.2 Å². The highest BCUT2D eigenvalue weighted by molar-refractivity contribution is 14.0. The van der Waals surface area contributed by atoms with Gasteiger partial charge in [0.2, 0.25) is 0 Å². The maximum absolute atomic E-state index is 4.29. The number of hydrogen-bond acceptors (Lipinski definition) is 1. The van der Waals surface area contributed by atoms with Gasteiger partial charge in [0, 0.05) is 27.2 Å². The molecule has 18 heavy (non-hydrogen) atoms. The third-order valence-electron chi connectivity index (χ3n) is 2.50. The summed E-state index contributed by atoms with van der Waals surface area (Å²) in [6.07, 6.45) is 0. The second kappa shape index (κ2) is 9.19. The summed E-state index contributed by atoms with van der Waals surface area (Å²) < 4.78 is 0. The van der Waals surface area contributed by atoms with Crippen LogP contribution in [0.25, 0.3) is 0 Å². The van der Waals surface area contributed by atoms with Crippen LogP contribution in [0.1, 0.15) is 19.4 Å². The minimum atomic E-state index is 0. The molecule has 0 amide bonds. The Labute approximate surface area is 128 Å². The van der Waals surface area contributed by atoms with Crippen molar-refractivity contribution in [3.63, 3.8) is 0 Å².